The zero-order chi connectivity index (χ0) is 19.6. The van der Waals surface area contributed by atoms with Crippen molar-refractivity contribution in [3.63, 3.8) is 0 Å². The van der Waals surface area contributed by atoms with Crippen LogP contribution < -0.4 is 9.80 Å². The molecule has 9 heteroatoms. The minimum atomic E-state index is -1.12. The number of hydrogen-bond acceptors (Lipinski definition) is 7. The molecule has 148 valence electrons. The maximum absolute atomic E-state index is 11.8. The summed E-state index contributed by atoms with van der Waals surface area (Å²) in [6, 6.07) is 0. The van der Waals surface area contributed by atoms with Crippen LogP contribution in [0.25, 0.3) is 0 Å². The monoisotopic (exact) mass is 378 g/mol. The smallest absolute Gasteiger partial charge is 0.313 e. The molecule has 2 aliphatic rings. The van der Waals surface area contributed by atoms with Crippen LogP contribution >= 0.6 is 0 Å². The van der Waals surface area contributed by atoms with Crippen molar-refractivity contribution in [1.29, 1.82) is 0 Å². The van der Waals surface area contributed by atoms with Crippen molar-refractivity contribution in [1.82, 2.24) is 9.97 Å². The van der Waals surface area contributed by atoms with E-state index in [1.165, 1.54) is 0 Å². The number of carboxylic acids is 2. The molecule has 9 nitrogen and oxygen atoms in total. The molecule has 27 heavy (non-hydrogen) atoms. The Kier molecular flexibility index (Phi) is 5.50. The molecule has 2 fully saturated rings. The molecule has 0 unspecified atom stereocenters. The van der Waals surface area contributed by atoms with E-state index in [1.54, 1.807) is 20.0 Å². The van der Waals surface area contributed by atoms with E-state index in [0.717, 1.165) is 6.42 Å². The Morgan fingerprint density at radius 3 is 2.56 bits per heavy atom. The summed E-state index contributed by atoms with van der Waals surface area (Å²) in [6.07, 6.45) is 2.52. The van der Waals surface area contributed by atoms with Crippen molar-refractivity contribution >= 4 is 23.7 Å². The molecule has 0 radical (unpaired) electrons. The molecule has 0 amide bonds. The number of nitrogens with zero attached hydrogens (tertiary/aromatic N) is 4. The van der Waals surface area contributed by atoms with Crippen LogP contribution in [-0.4, -0.2) is 71.5 Å². The minimum absolute atomic E-state index is 0.0769. The molecule has 0 aromatic carbocycles. The predicted octanol–water partition coefficient (Wildman–Crippen LogP) is 0.976. The third-order valence-corrected chi connectivity index (χ3v) is 5.31. The number of morpholine rings is 1. The largest absolute Gasteiger partial charge is 0.481 e. The van der Waals surface area contributed by atoms with Gasteiger partial charge in [-0.3, -0.25) is 9.59 Å². The number of anilines is 2. The summed E-state index contributed by atoms with van der Waals surface area (Å²) in [7, 11) is 0. The van der Waals surface area contributed by atoms with Gasteiger partial charge in [-0.25, -0.2) is 4.98 Å². The second-order valence-corrected chi connectivity index (χ2v) is 7.64. The van der Waals surface area contributed by atoms with E-state index in [-0.39, 0.29) is 12.3 Å². The Labute approximate surface area is 158 Å². The molecule has 0 aliphatic carbocycles. The van der Waals surface area contributed by atoms with Gasteiger partial charge in [0.05, 0.1) is 18.6 Å². The molecular weight excluding hydrogens is 352 g/mol. The van der Waals surface area contributed by atoms with E-state index in [4.69, 9.17) is 14.8 Å². The SMILES string of the molecule is CC(C)(C(=O)O)c1cnc(N2CC[C@H](CC(=O)O)C2)nc1N1CCOCC1. The number of rotatable bonds is 6. The van der Waals surface area contributed by atoms with Crippen molar-refractivity contribution in [2.24, 2.45) is 5.92 Å². The van der Waals surface area contributed by atoms with E-state index < -0.39 is 17.4 Å². The average molecular weight is 378 g/mol. The van der Waals surface area contributed by atoms with Crippen LogP contribution in [0.5, 0.6) is 0 Å². The van der Waals surface area contributed by atoms with Crippen LogP contribution in [0.2, 0.25) is 0 Å². The van der Waals surface area contributed by atoms with Crippen LogP contribution in [0.4, 0.5) is 11.8 Å². The molecule has 1 aromatic heterocycles. The standard InChI is InChI=1S/C18H26N4O5/c1-18(2,16(25)26)13-10-19-17(20-15(13)21-5-7-27-8-6-21)22-4-3-12(11-22)9-14(23)24/h10,12H,3-9,11H2,1-2H3,(H,23,24)(H,25,26)/t12-/m1/s1. The number of ether oxygens (including phenoxy) is 1. The lowest BCUT2D eigenvalue weighted by molar-refractivity contribution is -0.142. The number of aromatic nitrogens is 2. The van der Waals surface area contributed by atoms with E-state index >= 15 is 0 Å². The number of hydrogen-bond donors (Lipinski definition) is 2. The molecule has 3 heterocycles. The molecule has 2 saturated heterocycles. The second kappa shape index (κ2) is 7.67. The summed E-state index contributed by atoms with van der Waals surface area (Å²) < 4.78 is 5.41. The van der Waals surface area contributed by atoms with Crippen molar-refractivity contribution in [3.05, 3.63) is 11.8 Å². The van der Waals surface area contributed by atoms with Gasteiger partial charge in [0.25, 0.3) is 0 Å². The first-order valence-electron chi connectivity index (χ1n) is 9.19. The lowest BCUT2D eigenvalue weighted by Gasteiger charge is -2.33. The van der Waals surface area contributed by atoms with Gasteiger partial charge in [0.2, 0.25) is 5.95 Å². The quantitative estimate of drug-likeness (QED) is 0.747. The number of aliphatic carboxylic acids is 2. The molecule has 0 saturated carbocycles. The van der Waals surface area contributed by atoms with Crippen molar-refractivity contribution in [2.75, 3.05) is 49.2 Å². The molecule has 0 bridgehead atoms. The second-order valence-electron chi connectivity index (χ2n) is 7.64. The van der Waals surface area contributed by atoms with Gasteiger partial charge in [0.1, 0.15) is 5.82 Å². The predicted molar refractivity (Wildman–Crippen MR) is 98.3 cm³/mol. The summed E-state index contributed by atoms with van der Waals surface area (Å²) >= 11 is 0. The van der Waals surface area contributed by atoms with Gasteiger partial charge in [-0.15, -0.1) is 0 Å². The van der Waals surface area contributed by atoms with Gasteiger partial charge in [-0.1, -0.05) is 0 Å². The van der Waals surface area contributed by atoms with Crippen LogP contribution in [0, 0.1) is 5.92 Å². The van der Waals surface area contributed by atoms with E-state index in [2.05, 4.69) is 4.98 Å². The van der Waals surface area contributed by atoms with Crippen LogP contribution in [0.1, 0.15) is 32.3 Å². The third kappa shape index (κ3) is 4.13. The summed E-state index contributed by atoms with van der Waals surface area (Å²) in [4.78, 5) is 35.9. The zero-order valence-electron chi connectivity index (χ0n) is 15.7. The first-order chi connectivity index (χ1) is 12.8. The lowest BCUT2D eigenvalue weighted by Crippen LogP contribution is -2.40. The highest BCUT2D eigenvalue weighted by molar-refractivity contribution is 5.82. The van der Waals surface area contributed by atoms with Crippen LogP contribution in [-0.2, 0) is 19.7 Å². The molecule has 2 N–H and O–H groups in total. The summed E-state index contributed by atoms with van der Waals surface area (Å²) in [5, 5.41) is 18.7. The van der Waals surface area contributed by atoms with Crippen molar-refractivity contribution < 1.29 is 24.5 Å². The number of carboxylic acid groups (broad SMARTS) is 2. The molecule has 1 atom stereocenters. The Morgan fingerprint density at radius 1 is 1.22 bits per heavy atom. The molecular formula is C18H26N4O5. The molecule has 2 aliphatic heterocycles. The summed E-state index contributed by atoms with van der Waals surface area (Å²) in [5.74, 6) is -0.508. The van der Waals surface area contributed by atoms with E-state index in [9.17, 15) is 14.7 Å². The minimum Gasteiger partial charge on any atom is -0.481 e. The highest BCUT2D eigenvalue weighted by Gasteiger charge is 2.36. The lowest BCUT2D eigenvalue weighted by atomic mass is 9.85. The fourth-order valence-corrected chi connectivity index (χ4v) is 3.52. The maximum atomic E-state index is 11.8. The van der Waals surface area contributed by atoms with E-state index in [1.807, 2.05) is 9.80 Å². The topological polar surface area (TPSA) is 116 Å². The van der Waals surface area contributed by atoms with Gasteiger partial charge in [0, 0.05) is 44.4 Å². The third-order valence-electron chi connectivity index (χ3n) is 5.31. The van der Waals surface area contributed by atoms with E-state index in [0.29, 0.717) is 56.7 Å². The van der Waals surface area contributed by atoms with Gasteiger partial charge in [-0.05, 0) is 26.2 Å². The normalized spacial score (nSPS) is 20.7. The fraction of sp³-hybridized carbons (Fsp3) is 0.667. The Hall–Kier alpha value is -2.42. The van der Waals surface area contributed by atoms with Gasteiger partial charge in [-0.2, -0.15) is 4.98 Å². The highest BCUT2D eigenvalue weighted by atomic mass is 16.5. The van der Waals surface area contributed by atoms with Gasteiger partial charge < -0.3 is 24.7 Å². The Balaban J connectivity index is 1.91. The summed E-state index contributed by atoms with van der Waals surface area (Å²) in [6.45, 7) is 7.00. The number of carbonyl (C=O) groups is 2. The fourth-order valence-electron chi connectivity index (χ4n) is 3.52. The highest BCUT2D eigenvalue weighted by Crippen LogP contribution is 2.33. The zero-order valence-corrected chi connectivity index (χ0v) is 15.7. The summed E-state index contributed by atoms with van der Waals surface area (Å²) in [5.41, 5.74) is -0.551. The first kappa shape index (κ1) is 19.3. The molecule has 1 aromatic rings. The van der Waals surface area contributed by atoms with Crippen molar-refractivity contribution in [2.45, 2.75) is 32.1 Å². The average Bonchev–Trinajstić information content (AvgIpc) is 3.09. The van der Waals surface area contributed by atoms with Gasteiger partial charge in [0.15, 0.2) is 0 Å². The first-order valence-corrected chi connectivity index (χ1v) is 9.19. The maximum Gasteiger partial charge on any atom is 0.313 e. The van der Waals surface area contributed by atoms with Crippen LogP contribution in [0.3, 0.4) is 0 Å². The van der Waals surface area contributed by atoms with Crippen molar-refractivity contribution in [3.8, 4) is 0 Å². The Morgan fingerprint density at radius 2 is 1.93 bits per heavy atom. The molecule has 0 spiro atoms. The molecule has 3 rings (SSSR count). The Bertz CT molecular complexity index is 718. The van der Waals surface area contributed by atoms with Crippen LogP contribution in [0.15, 0.2) is 6.20 Å². The van der Waals surface area contributed by atoms with Gasteiger partial charge >= 0.3 is 11.9 Å².